The van der Waals surface area contributed by atoms with Crippen LogP contribution >= 0.6 is 0 Å². The quantitative estimate of drug-likeness (QED) is 0.915. The number of nitrogens with zero attached hydrogens (tertiary/aromatic N) is 3. The number of sulfonamides is 1. The van der Waals surface area contributed by atoms with Gasteiger partial charge in [0.2, 0.25) is 0 Å². The van der Waals surface area contributed by atoms with Gasteiger partial charge in [-0.25, -0.2) is 13.4 Å². The second-order valence-electron chi connectivity index (χ2n) is 5.61. The Labute approximate surface area is 123 Å². The van der Waals surface area contributed by atoms with Crippen LogP contribution in [-0.2, 0) is 16.4 Å². The Morgan fingerprint density at radius 1 is 1.29 bits per heavy atom. The molecule has 0 aromatic carbocycles. The van der Waals surface area contributed by atoms with Crippen molar-refractivity contribution in [3.63, 3.8) is 0 Å². The Kier molecular flexibility index (Phi) is 2.87. The van der Waals surface area contributed by atoms with Gasteiger partial charge in [0, 0.05) is 29.9 Å². The second kappa shape index (κ2) is 4.64. The molecule has 2 atom stereocenters. The van der Waals surface area contributed by atoms with E-state index in [0.717, 1.165) is 30.5 Å². The molecule has 0 aliphatic carbocycles. The molecule has 0 spiro atoms. The van der Waals surface area contributed by atoms with Crippen LogP contribution in [0, 0.1) is 0 Å². The number of aromatic amines is 1. The number of hydrogen-bond donors (Lipinski definition) is 1. The lowest BCUT2D eigenvalue weighted by Crippen LogP contribution is -2.49. The highest BCUT2D eigenvalue weighted by molar-refractivity contribution is 7.89. The maximum absolute atomic E-state index is 13.0. The molecule has 7 heteroatoms. The van der Waals surface area contributed by atoms with E-state index in [2.05, 4.69) is 15.2 Å². The van der Waals surface area contributed by atoms with Gasteiger partial charge in [0.15, 0.2) is 5.03 Å². The Morgan fingerprint density at radius 2 is 2.19 bits per heavy atom. The minimum atomic E-state index is -3.56. The highest BCUT2D eigenvalue weighted by Gasteiger charge is 2.45. The van der Waals surface area contributed by atoms with Gasteiger partial charge < -0.3 is 0 Å². The molecule has 1 fully saturated rings. The molecule has 2 aliphatic heterocycles. The Morgan fingerprint density at radius 3 is 3.00 bits per heavy atom. The van der Waals surface area contributed by atoms with Gasteiger partial charge >= 0.3 is 0 Å². The predicted molar refractivity (Wildman–Crippen MR) is 75.9 cm³/mol. The van der Waals surface area contributed by atoms with Crippen LogP contribution in [0.3, 0.4) is 0 Å². The van der Waals surface area contributed by atoms with E-state index in [0.29, 0.717) is 6.42 Å². The zero-order valence-electron chi connectivity index (χ0n) is 11.4. The van der Waals surface area contributed by atoms with Gasteiger partial charge in [0.1, 0.15) is 0 Å². The van der Waals surface area contributed by atoms with Crippen molar-refractivity contribution in [2.75, 3.05) is 0 Å². The molecule has 4 heterocycles. The Hall–Kier alpha value is -1.73. The average Bonchev–Trinajstić information content (AvgIpc) is 2.95. The van der Waals surface area contributed by atoms with Gasteiger partial charge in [-0.1, -0.05) is 6.07 Å². The summed E-state index contributed by atoms with van der Waals surface area (Å²) in [6, 6.07) is 4.89. The summed E-state index contributed by atoms with van der Waals surface area (Å²) in [5.74, 6) is 0. The molecule has 2 unspecified atom stereocenters. The lowest BCUT2D eigenvalue weighted by Gasteiger charge is -2.44. The molecule has 21 heavy (non-hydrogen) atoms. The first-order chi connectivity index (χ1) is 10.2. The molecule has 2 aromatic rings. The van der Waals surface area contributed by atoms with Crippen molar-refractivity contribution in [1.82, 2.24) is 19.5 Å². The van der Waals surface area contributed by atoms with Crippen molar-refractivity contribution < 1.29 is 8.42 Å². The van der Waals surface area contributed by atoms with Crippen molar-refractivity contribution >= 4 is 10.0 Å². The third kappa shape index (κ3) is 1.91. The van der Waals surface area contributed by atoms with Crippen molar-refractivity contribution in [2.45, 2.75) is 42.8 Å². The third-order valence-electron chi connectivity index (χ3n) is 4.41. The van der Waals surface area contributed by atoms with Crippen LogP contribution in [0.15, 0.2) is 35.6 Å². The minimum absolute atomic E-state index is 0.00343. The molecule has 1 N–H and O–H groups in total. The molecule has 2 aromatic heterocycles. The van der Waals surface area contributed by atoms with Crippen LogP contribution in [-0.4, -0.2) is 33.9 Å². The van der Waals surface area contributed by atoms with Gasteiger partial charge in [-0.15, -0.1) is 0 Å². The maximum atomic E-state index is 13.0. The summed E-state index contributed by atoms with van der Waals surface area (Å²) < 4.78 is 27.6. The van der Waals surface area contributed by atoms with E-state index in [1.165, 1.54) is 6.20 Å². The largest absolute Gasteiger partial charge is 0.282 e. The number of pyridine rings is 1. The van der Waals surface area contributed by atoms with Crippen molar-refractivity contribution in [3.8, 4) is 0 Å². The van der Waals surface area contributed by atoms with Gasteiger partial charge in [-0.3, -0.25) is 5.10 Å². The zero-order chi connectivity index (χ0) is 14.4. The van der Waals surface area contributed by atoms with Crippen LogP contribution in [0.4, 0.5) is 0 Å². The highest BCUT2D eigenvalue weighted by atomic mass is 32.2. The molecule has 4 rings (SSSR count). The summed E-state index contributed by atoms with van der Waals surface area (Å²) in [5, 5.41) is 7.24. The van der Waals surface area contributed by atoms with Crippen LogP contribution in [0.1, 0.15) is 36.6 Å². The van der Waals surface area contributed by atoms with Crippen molar-refractivity contribution in [1.29, 1.82) is 0 Å². The smallest absolute Gasteiger partial charge is 0.261 e. The van der Waals surface area contributed by atoms with E-state index >= 15 is 0 Å². The van der Waals surface area contributed by atoms with E-state index in [-0.39, 0.29) is 17.1 Å². The average molecular weight is 304 g/mol. The van der Waals surface area contributed by atoms with E-state index < -0.39 is 10.0 Å². The first-order valence-electron chi connectivity index (χ1n) is 7.14. The molecular weight excluding hydrogens is 288 g/mol. The molecule has 2 aliphatic rings. The fourth-order valence-corrected chi connectivity index (χ4v) is 5.31. The molecule has 110 valence electrons. The second-order valence-corrected chi connectivity index (χ2v) is 7.40. The number of rotatable bonds is 2. The molecule has 0 amide bonds. The number of piperidine rings is 1. The van der Waals surface area contributed by atoms with Crippen LogP contribution in [0.5, 0.6) is 0 Å². The molecule has 0 radical (unpaired) electrons. The summed E-state index contributed by atoms with van der Waals surface area (Å²) in [6.07, 6.45) is 6.78. The molecule has 1 saturated heterocycles. The number of hydrogen-bond acceptors (Lipinski definition) is 4. The number of H-pyrrole nitrogens is 1. The SMILES string of the molecule is O=S(=O)(c1ccccn1)N1C2CCCC1c1cn[nH]c1C2. The number of nitrogens with one attached hydrogen (secondary N) is 1. The fourth-order valence-electron chi connectivity index (χ4n) is 3.52. The minimum Gasteiger partial charge on any atom is -0.282 e. The number of aromatic nitrogens is 3. The Balaban J connectivity index is 1.82. The standard InChI is InChI=1S/C14H16N4O2S/c19-21(20,14-6-1-2-7-15-14)18-10-4-3-5-13(18)11-9-16-17-12(11)8-10/h1-2,6-7,9-10,13H,3-5,8H2,(H,16,17). The van der Waals surface area contributed by atoms with Gasteiger partial charge in [0.25, 0.3) is 10.0 Å². The van der Waals surface area contributed by atoms with Crippen molar-refractivity contribution in [3.05, 3.63) is 41.9 Å². The highest BCUT2D eigenvalue weighted by Crippen LogP contribution is 2.43. The van der Waals surface area contributed by atoms with E-state index in [1.807, 2.05) is 0 Å². The van der Waals surface area contributed by atoms with Crippen LogP contribution in [0.25, 0.3) is 0 Å². The molecule has 2 bridgehead atoms. The Bertz CT molecular complexity index is 756. The van der Waals surface area contributed by atoms with Crippen molar-refractivity contribution in [2.24, 2.45) is 0 Å². The van der Waals surface area contributed by atoms with Gasteiger partial charge in [-0.2, -0.15) is 9.40 Å². The molecule has 6 nitrogen and oxygen atoms in total. The molecular formula is C14H16N4O2S. The van der Waals surface area contributed by atoms with Crippen LogP contribution < -0.4 is 0 Å². The van der Waals surface area contributed by atoms with Gasteiger partial charge in [-0.05, 0) is 31.4 Å². The summed E-state index contributed by atoms with van der Waals surface area (Å²) >= 11 is 0. The summed E-state index contributed by atoms with van der Waals surface area (Å²) in [4.78, 5) is 4.04. The first kappa shape index (κ1) is 13.0. The first-order valence-corrected chi connectivity index (χ1v) is 8.58. The summed E-state index contributed by atoms with van der Waals surface area (Å²) in [7, 11) is -3.56. The lowest BCUT2D eigenvalue weighted by molar-refractivity contribution is 0.162. The third-order valence-corrected chi connectivity index (χ3v) is 6.29. The zero-order valence-corrected chi connectivity index (χ0v) is 12.3. The van der Waals surface area contributed by atoms with Crippen LogP contribution in [0.2, 0.25) is 0 Å². The normalized spacial score (nSPS) is 25.5. The number of fused-ring (bicyclic) bond motifs is 4. The lowest BCUT2D eigenvalue weighted by atomic mass is 9.86. The predicted octanol–water partition coefficient (Wildman–Crippen LogP) is 1.65. The summed E-state index contributed by atoms with van der Waals surface area (Å²) in [6.45, 7) is 0. The topological polar surface area (TPSA) is 79.0 Å². The molecule has 0 saturated carbocycles. The van der Waals surface area contributed by atoms with E-state index in [9.17, 15) is 8.42 Å². The van der Waals surface area contributed by atoms with E-state index in [4.69, 9.17) is 0 Å². The fraction of sp³-hybridized carbons (Fsp3) is 0.429. The summed E-state index contributed by atoms with van der Waals surface area (Å²) in [5.41, 5.74) is 2.10. The van der Waals surface area contributed by atoms with Gasteiger partial charge in [0.05, 0.1) is 12.2 Å². The monoisotopic (exact) mass is 304 g/mol. The van der Waals surface area contributed by atoms with E-state index in [1.54, 1.807) is 28.7 Å². The maximum Gasteiger partial charge on any atom is 0.261 e.